The summed E-state index contributed by atoms with van der Waals surface area (Å²) in [7, 11) is -1.47. The highest BCUT2D eigenvalue weighted by Gasteiger charge is 2.30. The van der Waals surface area contributed by atoms with E-state index in [1.165, 1.54) is 4.31 Å². The van der Waals surface area contributed by atoms with Gasteiger partial charge in [0, 0.05) is 25.7 Å². The predicted octanol–water partition coefficient (Wildman–Crippen LogP) is 0.348. The van der Waals surface area contributed by atoms with E-state index in [0.717, 1.165) is 13.0 Å². The second kappa shape index (κ2) is 8.07. The minimum atomic E-state index is -3.48. The summed E-state index contributed by atoms with van der Waals surface area (Å²) in [5.74, 6) is -1.26. The Labute approximate surface area is 127 Å². The fraction of sp³-hybridized carbons (Fsp3) is 0.923. The third-order valence-corrected chi connectivity index (χ3v) is 5.61. The molecule has 1 fully saturated rings. The van der Waals surface area contributed by atoms with Crippen LogP contribution in [0.25, 0.3) is 0 Å². The van der Waals surface area contributed by atoms with Gasteiger partial charge in [0.15, 0.2) is 0 Å². The van der Waals surface area contributed by atoms with E-state index in [0.29, 0.717) is 25.4 Å². The van der Waals surface area contributed by atoms with Crippen LogP contribution in [0.2, 0.25) is 0 Å². The van der Waals surface area contributed by atoms with Crippen LogP contribution in [0.4, 0.5) is 0 Å². The van der Waals surface area contributed by atoms with Crippen LogP contribution in [-0.4, -0.2) is 68.0 Å². The number of carboxylic acid groups (broad SMARTS) is 1. The van der Waals surface area contributed by atoms with Crippen molar-refractivity contribution in [3.63, 3.8) is 0 Å². The van der Waals surface area contributed by atoms with Crippen LogP contribution in [-0.2, 0) is 15.0 Å². The molecule has 2 N–H and O–H groups in total. The maximum atomic E-state index is 12.1. The summed E-state index contributed by atoms with van der Waals surface area (Å²) >= 11 is 0. The van der Waals surface area contributed by atoms with Crippen molar-refractivity contribution in [1.29, 1.82) is 0 Å². The van der Waals surface area contributed by atoms with Crippen LogP contribution >= 0.6 is 0 Å². The number of carboxylic acids is 1. The van der Waals surface area contributed by atoms with Gasteiger partial charge in [-0.05, 0) is 46.7 Å². The number of hydrogen-bond acceptors (Lipinski definition) is 4. The molecule has 0 bridgehead atoms. The number of nitrogens with zero attached hydrogens (tertiary/aromatic N) is 2. The molecule has 1 rings (SSSR count). The Morgan fingerprint density at radius 3 is 2.43 bits per heavy atom. The van der Waals surface area contributed by atoms with Gasteiger partial charge in [-0.1, -0.05) is 0 Å². The molecule has 0 saturated carbocycles. The van der Waals surface area contributed by atoms with Crippen molar-refractivity contribution >= 4 is 16.2 Å². The van der Waals surface area contributed by atoms with Gasteiger partial charge in [-0.15, -0.1) is 0 Å². The summed E-state index contributed by atoms with van der Waals surface area (Å²) < 4.78 is 28.1. The second-order valence-electron chi connectivity index (χ2n) is 5.84. The molecule has 0 aromatic carbocycles. The van der Waals surface area contributed by atoms with Crippen LogP contribution in [0.15, 0.2) is 0 Å². The number of rotatable bonds is 8. The van der Waals surface area contributed by atoms with E-state index >= 15 is 0 Å². The molecule has 0 unspecified atom stereocenters. The topological polar surface area (TPSA) is 90.0 Å². The third kappa shape index (κ3) is 5.90. The lowest BCUT2D eigenvalue weighted by Gasteiger charge is -2.29. The summed E-state index contributed by atoms with van der Waals surface area (Å²) in [4.78, 5) is 13.0. The first kappa shape index (κ1) is 18.3. The highest BCUT2D eigenvalue weighted by molar-refractivity contribution is 7.87. The zero-order valence-corrected chi connectivity index (χ0v) is 13.9. The number of carbonyl (C=O) groups is 1. The maximum absolute atomic E-state index is 12.1. The molecule has 0 amide bonds. The van der Waals surface area contributed by atoms with E-state index in [-0.39, 0.29) is 13.1 Å². The molecular formula is C13H27N3O4S. The first-order valence-electron chi connectivity index (χ1n) is 7.42. The average Bonchev–Trinajstić information content (AvgIpc) is 2.43. The molecule has 1 aliphatic heterocycles. The normalized spacial score (nSPS) is 18.5. The first-order valence-corrected chi connectivity index (χ1v) is 8.86. The monoisotopic (exact) mass is 321 g/mol. The lowest BCUT2D eigenvalue weighted by atomic mass is 9.99. The fourth-order valence-electron chi connectivity index (χ4n) is 2.22. The summed E-state index contributed by atoms with van der Waals surface area (Å²) in [5, 5.41) is 8.91. The van der Waals surface area contributed by atoms with Gasteiger partial charge in [-0.2, -0.15) is 12.7 Å². The zero-order chi connectivity index (χ0) is 16.0. The molecule has 0 atom stereocenters. The summed E-state index contributed by atoms with van der Waals surface area (Å²) in [5.41, 5.74) is 0. The van der Waals surface area contributed by atoms with Crippen LogP contribution < -0.4 is 4.72 Å². The number of piperidine rings is 1. The molecule has 8 heteroatoms. The minimum absolute atomic E-state index is 0.276. The summed E-state index contributed by atoms with van der Waals surface area (Å²) in [6.07, 6.45) is 1.51. The van der Waals surface area contributed by atoms with E-state index in [1.807, 2.05) is 7.05 Å². The highest BCUT2D eigenvalue weighted by atomic mass is 32.2. The van der Waals surface area contributed by atoms with Gasteiger partial charge < -0.3 is 10.0 Å². The van der Waals surface area contributed by atoms with Gasteiger partial charge in [-0.3, -0.25) is 4.79 Å². The molecule has 124 valence electrons. The van der Waals surface area contributed by atoms with Crippen LogP contribution in [0.3, 0.4) is 0 Å². The van der Waals surface area contributed by atoms with Crippen molar-refractivity contribution in [2.24, 2.45) is 5.92 Å². The fourth-order valence-corrected chi connectivity index (χ4v) is 3.50. The van der Waals surface area contributed by atoms with E-state index in [9.17, 15) is 13.2 Å². The number of aliphatic carboxylic acids is 1. The molecule has 0 aliphatic carbocycles. The van der Waals surface area contributed by atoms with Crippen molar-refractivity contribution < 1.29 is 18.3 Å². The molecule has 0 aromatic heterocycles. The highest BCUT2D eigenvalue weighted by Crippen LogP contribution is 2.19. The Kier molecular flexibility index (Phi) is 7.05. The standard InChI is InChI=1S/C13H27N3O4S/c1-11(2)15(3)8-4-7-14-21(19,20)16-9-5-12(6-10-16)13(17)18/h11-12,14H,4-10H2,1-3H3,(H,17,18). The Morgan fingerprint density at radius 1 is 1.38 bits per heavy atom. The molecule has 21 heavy (non-hydrogen) atoms. The van der Waals surface area contributed by atoms with E-state index in [2.05, 4.69) is 23.5 Å². The van der Waals surface area contributed by atoms with Gasteiger partial charge in [0.25, 0.3) is 10.2 Å². The molecule has 7 nitrogen and oxygen atoms in total. The number of nitrogens with one attached hydrogen (secondary N) is 1. The predicted molar refractivity (Wildman–Crippen MR) is 81.2 cm³/mol. The summed E-state index contributed by atoms with van der Waals surface area (Å²) in [6.45, 7) is 5.98. The molecular weight excluding hydrogens is 294 g/mol. The van der Waals surface area contributed by atoms with Crippen LogP contribution in [0.1, 0.15) is 33.1 Å². The van der Waals surface area contributed by atoms with E-state index in [1.54, 1.807) is 0 Å². The smallest absolute Gasteiger partial charge is 0.306 e. The van der Waals surface area contributed by atoms with Crippen molar-refractivity contribution in [2.45, 2.75) is 39.2 Å². The largest absolute Gasteiger partial charge is 0.481 e. The second-order valence-corrected chi connectivity index (χ2v) is 7.59. The molecule has 0 spiro atoms. The first-order chi connectivity index (χ1) is 9.74. The van der Waals surface area contributed by atoms with Crippen LogP contribution in [0.5, 0.6) is 0 Å². The maximum Gasteiger partial charge on any atom is 0.306 e. The quantitative estimate of drug-likeness (QED) is 0.630. The van der Waals surface area contributed by atoms with E-state index in [4.69, 9.17) is 5.11 Å². The lowest BCUT2D eigenvalue weighted by Crippen LogP contribution is -2.46. The van der Waals surface area contributed by atoms with Crippen molar-refractivity contribution in [3.05, 3.63) is 0 Å². The molecule has 0 aromatic rings. The van der Waals surface area contributed by atoms with Gasteiger partial charge >= 0.3 is 5.97 Å². The molecule has 1 heterocycles. The zero-order valence-electron chi connectivity index (χ0n) is 13.1. The van der Waals surface area contributed by atoms with Gasteiger partial charge in [0.2, 0.25) is 0 Å². The van der Waals surface area contributed by atoms with Crippen molar-refractivity contribution in [2.75, 3.05) is 33.2 Å². The molecule has 0 radical (unpaired) electrons. The van der Waals surface area contributed by atoms with E-state index < -0.39 is 22.1 Å². The Morgan fingerprint density at radius 2 is 1.95 bits per heavy atom. The number of hydrogen-bond donors (Lipinski definition) is 2. The molecule has 1 saturated heterocycles. The Balaban J connectivity index is 2.33. The van der Waals surface area contributed by atoms with Gasteiger partial charge in [-0.25, -0.2) is 4.72 Å². The Bertz CT molecular complexity index is 431. The van der Waals surface area contributed by atoms with Crippen molar-refractivity contribution in [3.8, 4) is 0 Å². The van der Waals surface area contributed by atoms with Crippen LogP contribution in [0, 0.1) is 5.92 Å². The lowest BCUT2D eigenvalue weighted by molar-refractivity contribution is -0.142. The van der Waals surface area contributed by atoms with Gasteiger partial charge in [0.05, 0.1) is 5.92 Å². The third-order valence-electron chi connectivity index (χ3n) is 4.00. The molecule has 1 aliphatic rings. The minimum Gasteiger partial charge on any atom is -0.481 e. The summed E-state index contributed by atoms with van der Waals surface area (Å²) in [6, 6.07) is 0.441. The van der Waals surface area contributed by atoms with Gasteiger partial charge in [0.1, 0.15) is 0 Å². The van der Waals surface area contributed by atoms with Crippen molar-refractivity contribution in [1.82, 2.24) is 13.9 Å². The average molecular weight is 321 g/mol. The SMILES string of the molecule is CC(C)N(C)CCCNS(=O)(=O)N1CCC(C(=O)O)CC1. The Hall–Kier alpha value is -0.700.